The van der Waals surface area contributed by atoms with E-state index < -0.39 is 0 Å². The number of rotatable bonds is 8. The number of carbonyl (C=O) groups excluding carboxylic acids is 2. The lowest BCUT2D eigenvalue weighted by atomic mass is 10.1. The predicted molar refractivity (Wildman–Crippen MR) is 101 cm³/mol. The molecule has 2 N–H and O–H groups in total. The molecule has 1 fully saturated rings. The van der Waals surface area contributed by atoms with E-state index in [0.29, 0.717) is 25.9 Å². The summed E-state index contributed by atoms with van der Waals surface area (Å²) < 4.78 is 5.29. The Bertz CT molecular complexity index is 586. The third-order valence-corrected chi connectivity index (χ3v) is 4.67. The lowest BCUT2D eigenvalue weighted by molar-refractivity contribution is -0.132. The van der Waals surface area contributed by atoms with E-state index in [1.165, 1.54) is 0 Å². The van der Waals surface area contributed by atoms with Crippen molar-refractivity contribution in [2.75, 3.05) is 52.9 Å². The Balaban J connectivity index is 1.59. The van der Waals surface area contributed by atoms with Crippen LogP contribution in [0.1, 0.15) is 18.9 Å². The van der Waals surface area contributed by atoms with Gasteiger partial charge < -0.3 is 25.2 Å². The van der Waals surface area contributed by atoms with Gasteiger partial charge in [-0.15, -0.1) is 0 Å². The molecule has 0 radical (unpaired) electrons. The van der Waals surface area contributed by atoms with Gasteiger partial charge in [0.1, 0.15) is 5.75 Å². The fourth-order valence-electron chi connectivity index (χ4n) is 3.04. The molecule has 0 spiro atoms. The highest BCUT2D eigenvalue weighted by atomic mass is 16.5. The predicted octanol–water partition coefficient (Wildman–Crippen LogP) is 1.09. The number of ether oxygens (including phenoxy) is 1. The number of hydrogen-bond donors (Lipinski definition) is 2. The maximum Gasteiger partial charge on any atom is 0.314 e. The van der Waals surface area contributed by atoms with E-state index in [2.05, 4.69) is 22.5 Å². The number of hydrogen-bond acceptors (Lipinski definition) is 4. The summed E-state index contributed by atoms with van der Waals surface area (Å²) in [6.07, 6.45) is 1.03. The molecule has 1 aromatic rings. The molecule has 1 aromatic carbocycles. The fourth-order valence-corrected chi connectivity index (χ4v) is 3.04. The Kier molecular flexibility index (Phi) is 8.21. The number of nitrogens with zero attached hydrogens (tertiary/aromatic N) is 2. The van der Waals surface area contributed by atoms with Crippen LogP contribution in [-0.4, -0.2) is 74.7 Å². The molecule has 0 aromatic heterocycles. The molecule has 26 heavy (non-hydrogen) atoms. The largest absolute Gasteiger partial charge is 0.496 e. The highest BCUT2D eigenvalue weighted by Gasteiger charge is 2.19. The van der Waals surface area contributed by atoms with Gasteiger partial charge in [-0.1, -0.05) is 25.1 Å². The van der Waals surface area contributed by atoms with Gasteiger partial charge in [-0.05, 0) is 24.6 Å². The van der Waals surface area contributed by atoms with Crippen LogP contribution in [-0.2, 0) is 11.2 Å². The van der Waals surface area contributed by atoms with E-state index in [9.17, 15) is 9.59 Å². The molecule has 3 amide bonds. The van der Waals surface area contributed by atoms with Crippen molar-refractivity contribution in [3.05, 3.63) is 29.8 Å². The van der Waals surface area contributed by atoms with Crippen LogP contribution in [0.5, 0.6) is 5.75 Å². The van der Waals surface area contributed by atoms with Gasteiger partial charge in [0.05, 0.1) is 7.11 Å². The van der Waals surface area contributed by atoms with Crippen LogP contribution in [0.4, 0.5) is 4.79 Å². The zero-order valence-corrected chi connectivity index (χ0v) is 15.8. The van der Waals surface area contributed by atoms with Gasteiger partial charge >= 0.3 is 6.03 Å². The van der Waals surface area contributed by atoms with E-state index in [0.717, 1.165) is 44.0 Å². The standard InChI is InChI=1S/C19H30N4O3/c1-3-22-12-14-23(15-13-22)18(24)9-11-21-19(25)20-10-8-16-6-4-5-7-17(16)26-2/h4-7H,3,8-15H2,1-2H3,(H2,20,21,25). The van der Waals surface area contributed by atoms with Gasteiger partial charge in [0, 0.05) is 45.7 Å². The Labute approximate surface area is 155 Å². The second-order valence-corrected chi connectivity index (χ2v) is 6.31. The van der Waals surface area contributed by atoms with Crippen molar-refractivity contribution in [3.63, 3.8) is 0 Å². The van der Waals surface area contributed by atoms with Crippen molar-refractivity contribution in [1.29, 1.82) is 0 Å². The average Bonchev–Trinajstić information content (AvgIpc) is 2.68. The highest BCUT2D eigenvalue weighted by Crippen LogP contribution is 2.17. The summed E-state index contributed by atoms with van der Waals surface area (Å²) in [7, 11) is 1.64. The van der Waals surface area contributed by atoms with E-state index in [4.69, 9.17) is 4.74 Å². The van der Waals surface area contributed by atoms with Crippen molar-refractivity contribution in [2.24, 2.45) is 0 Å². The molecule has 7 heteroatoms. The molecule has 1 aliphatic rings. The minimum Gasteiger partial charge on any atom is -0.496 e. The normalized spacial score (nSPS) is 14.8. The van der Waals surface area contributed by atoms with Gasteiger partial charge in [0.15, 0.2) is 0 Å². The summed E-state index contributed by atoms with van der Waals surface area (Å²) in [6.45, 7) is 7.44. The highest BCUT2D eigenvalue weighted by molar-refractivity contribution is 5.78. The Morgan fingerprint density at radius 2 is 1.77 bits per heavy atom. The number of nitrogens with one attached hydrogen (secondary N) is 2. The minimum atomic E-state index is -0.247. The van der Waals surface area contributed by atoms with Crippen LogP contribution in [0, 0.1) is 0 Å². The van der Waals surface area contributed by atoms with Crippen molar-refractivity contribution in [1.82, 2.24) is 20.4 Å². The number of likely N-dealkylation sites (N-methyl/N-ethyl adjacent to an activating group) is 1. The average molecular weight is 362 g/mol. The first kappa shape index (κ1) is 20.0. The summed E-state index contributed by atoms with van der Waals surface area (Å²) in [6, 6.07) is 7.51. The zero-order chi connectivity index (χ0) is 18.8. The lowest BCUT2D eigenvalue weighted by Crippen LogP contribution is -2.49. The first-order chi connectivity index (χ1) is 12.6. The summed E-state index contributed by atoms with van der Waals surface area (Å²) >= 11 is 0. The number of carbonyl (C=O) groups is 2. The monoisotopic (exact) mass is 362 g/mol. The lowest BCUT2D eigenvalue weighted by Gasteiger charge is -2.34. The Morgan fingerprint density at radius 3 is 2.46 bits per heavy atom. The maximum atomic E-state index is 12.2. The number of para-hydroxylation sites is 1. The van der Waals surface area contributed by atoms with Gasteiger partial charge in [-0.3, -0.25) is 4.79 Å². The maximum absolute atomic E-state index is 12.2. The van der Waals surface area contributed by atoms with E-state index in [1.54, 1.807) is 7.11 Å². The van der Waals surface area contributed by atoms with Crippen molar-refractivity contribution in [3.8, 4) is 5.75 Å². The van der Waals surface area contributed by atoms with Crippen LogP contribution in [0.2, 0.25) is 0 Å². The minimum absolute atomic E-state index is 0.107. The molecule has 2 rings (SSSR count). The van der Waals surface area contributed by atoms with Crippen LogP contribution in [0.3, 0.4) is 0 Å². The molecule has 1 saturated heterocycles. The Hall–Kier alpha value is -2.28. The SMILES string of the molecule is CCN1CCN(C(=O)CCNC(=O)NCCc2ccccc2OC)CC1. The molecule has 7 nitrogen and oxygen atoms in total. The van der Waals surface area contributed by atoms with Crippen LogP contribution < -0.4 is 15.4 Å². The van der Waals surface area contributed by atoms with Gasteiger partial charge in [-0.2, -0.15) is 0 Å². The first-order valence-electron chi connectivity index (χ1n) is 9.27. The summed E-state index contributed by atoms with van der Waals surface area (Å²) in [4.78, 5) is 28.2. The quantitative estimate of drug-likeness (QED) is 0.726. The van der Waals surface area contributed by atoms with Crippen molar-refractivity contribution < 1.29 is 14.3 Å². The molecule has 0 aliphatic carbocycles. The zero-order valence-electron chi connectivity index (χ0n) is 15.8. The van der Waals surface area contributed by atoms with Crippen molar-refractivity contribution >= 4 is 11.9 Å². The molecular formula is C19H30N4O3. The third-order valence-electron chi connectivity index (χ3n) is 4.67. The molecule has 0 unspecified atom stereocenters. The number of methoxy groups -OCH3 is 1. The van der Waals surface area contributed by atoms with E-state index >= 15 is 0 Å². The van der Waals surface area contributed by atoms with Gasteiger partial charge in [0.2, 0.25) is 5.91 Å². The van der Waals surface area contributed by atoms with Crippen LogP contribution >= 0.6 is 0 Å². The van der Waals surface area contributed by atoms with Gasteiger partial charge in [0.25, 0.3) is 0 Å². The van der Waals surface area contributed by atoms with Crippen LogP contribution in [0.15, 0.2) is 24.3 Å². The van der Waals surface area contributed by atoms with Crippen LogP contribution in [0.25, 0.3) is 0 Å². The smallest absolute Gasteiger partial charge is 0.314 e. The topological polar surface area (TPSA) is 73.9 Å². The summed E-state index contributed by atoms with van der Waals surface area (Å²) in [5.74, 6) is 0.929. The molecule has 1 heterocycles. The molecule has 1 aliphatic heterocycles. The molecule has 0 bridgehead atoms. The van der Waals surface area contributed by atoms with Gasteiger partial charge in [-0.25, -0.2) is 4.79 Å². The second-order valence-electron chi connectivity index (χ2n) is 6.31. The molecular weight excluding hydrogens is 332 g/mol. The number of amides is 3. The van der Waals surface area contributed by atoms with E-state index in [1.807, 2.05) is 29.2 Å². The summed E-state index contributed by atoms with van der Waals surface area (Å²) in [5.41, 5.74) is 1.05. The molecule has 0 saturated carbocycles. The second kappa shape index (κ2) is 10.7. The summed E-state index contributed by atoms with van der Waals surface area (Å²) in [5, 5.41) is 5.56. The van der Waals surface area contributed by atoms with Crippen molar-refractivity contribution in [2.45, 2.75) is 19.8 Å². The number of benzene rings is 1. The van der Waals surface area contributed by atoms with E-state index in [-0.39, 0.29) is 11.9 Å². The number of urea groups is 1. The molecule has 0 atom stereocenters. The molecule has 144 valence electrons. The fraction of sp³-hybridized carbons (Fsp3) is 0.579. The Morgan fingerprint density at radius 1 is 1.08 bits per heavy atom. The number of piperazine rings is 1. The first-order valence-corrected chi connectivity index (χ1v) is 9.27. The third kappa shape index (κ3) is 6.22.